The lowest BCUT2D eigenvalue weighted by Crippen LogP contribution is -2.36. The highest BCUT2D eigenvalue weighted by Crippen LogP contribution is 2.20. The van der Waals surface area contributed by atoms with E-state index in [1.807, 2.05) is 6.92 Å². The Hall–Kier alpha value is -0.660. The molecule has 2 heterocycles. The Morgan fingerprint density at radius 1 is 1.44 bits per heavy atom. The summed E-state index contributed by atoms with van der Waals surface area (Å²) in [5.74, 6) is 0.978. The molecule has 0 spiro atoms. The summed E-state index contributed by atoms with van der Waals surface area (Å²) in [5, 5.41) is 11.9. The number of thioether (sulfide) groups is 1. The normalized spacial score (nSPS) is 16.1. The van der Waals surface area contributed by atoms with E-state index in [0.717, 1.165) is 28.2 Å². The van der Waals surface area contributed by atoms with E-state index >= 15 is 0 Å². The largest absolute Gasteiger partial charge is 0.354 e. The van der Waals surface area contributed by atoms with Crippen LogP contribution in [0.25, 0.3) is 0 Å². The standard InChI is InChI=1S/C11H18N4OS2/c1-9-13-14-11(18-9)17-7-4-12-10(16)8-15-5-2-3-6-15/h2-8H2,1H3,(H,12,16). The molecule has 1 aliphatic rings. The first-order valence-corrected chi connectivity index (χ1v) is 7.96. The van der Waals surface area contributed by atoms with Crippen molar-refractivity contribution in [1.82, 2.24) is 20.4 Å². The first-order chi connectivity index (χ1) is 8.74. The van der Waals surface area contributed by atoms with Gasteiger partial charge in [-0.25, -0.2) is 0 Å². The summed E-state index contributed by atoms with van der Waals surface area (Å²) >= 11 is 3.24. The minimum absolute atomic E-state index is 0.131. The molecule has 1 aromatic rings. The highest BCUT2D eigenvalue weighted by molar-refractivity contribution is 8.01. The molecule has 1 N–H and O–H groups in total. The lowest BCUT2D eigenvalue weighted by Gasteiger charge is -2.13. The molecule has 5 nitrogen and oxygen atoms in total. The van der Waals surface area contributed by atoms with Crippen LogP contribution in [0.4, 0.5) is 0 Å². The number of hydrogen-bond donors (Lipinski definition) is 1. The molecular weight excluding hydrogens is 268 g/mol. The molecule has 0 aromatic carbocycles. The molecule has 0 unspecified atom stereocenters. The highest BCUT2D eigenvalue weighted by Gasteiger charge is 2.14. The predicted octanol–water partition coefficient (Wildman–Crippen LogP) is 1.15. The number of carbonyl (C=O) groups is 1. The molecule has 0 atom stereocenters. The fourth-order valence-electron chi connectivity index (χ4n) is 1.87. The van der Waals surface area contributed by atoms with Crippen molar-refractivity contribution >= 4 is 29.0 Å². The molecule has 0 bridgehead atoms. The third-order valence-electron chi connectivity index (χ3n) is 2.72. The van der Waals surface area contributed by atoms with Crippen LogP contribution in [-0.4, -0.2) is 52.9 Å². The van der Waals surface area contributed by atoms with Gasteiger partial charge in [0.15, 0.2) is 4.34 Å². The summed E-state index contributed by atoms with van der Waals surface area (Å²) in [4.78, 5) is 13.8. The topological polar surface area (TPSA) is 58.1 Å². The van der Waals surface area contributed by atoms with Gasteiger partial charge < -0.3 is 5.32 Å². The van der Waals surface area contributed by atoms with E-state index in [-0.39, 0.29) is 5.91 Å². The molecule has 100 valence electrons. The zero-order valence-corrected chi connectivity index (χ0v) is 12.1. The summed E-state index contributed by atoms with van der Waals surface area (Å²) in [6.07, 6.45) is 2.44. The minimum atomic E-state index is 0.131. The molecule has 7 heteroatoms. The second-order valence-corrected chi connectivity index (χ2v) is 6.79. The van der Waals surface area contributed by atoms with Crippen LogP contribution in [0.15, 0.2) is 4.34 Å². The Balaban J connectivity index is 1.56. The number of nitrogens with one attached hydrogen (secondary N) is 1. The van der Waals surface area contributed by atoms with Crippen molar-refractivity contribution in [3.63, 3.8) is 0 Å². The Kier molecular flexibility index (Phi) is 5.40. The number of aromatic nitrogens is 2. The number of carbonyl (C=O) groups excluding carboxylic acids is 1. The van der Waals surface area contributed by atoms with Crippen molar-refractivity contribution in [1.29, 1.82) is 0 Å². The smallest absolute Gasteiger partial charge is 0.234 e. The fraction of sp³-hybridized carbons (Fsp3) is 0.727. The zero-order valence-electron chi connectivity index (χ0n) is 10.5. The van der Waals surface area contributed by atoms with Crippen LogP contribution in [0.2, 0.25) is 0 Å². The van der Waals surface area contributed by atoms with Gasteiger partial charge in [0.05, 0.1) is 6.54 Å². The van der Waals surface area contributed by atoms with Crippen LogP contribution in [0.3, 0.4) is 0 Å². The van der Waals surface area contributed by atoms with Crippen LogP contribution in [0.1, 0.15) is 17.8 Å². The number of hydrogen-bond acceptors (Lipinski definition) is 6. The van der Waals surface area contributed by atoms with E-state index in [4.69, 9.17) is 0 Å². The maximum Gasteiger partial charge on any atom is 0.234 e. The first kappa shape index (κ1) is 13.8. The number of likely N-dealkylation sites (tertiary alicyclic amines) is 1. The lowest BCUT2D eigenvalue weighted by atomic mass is 10.4. The molecular formula is C11H18N4OS2. The van der Waals surface area contributed by atoms with E-state index in [0.29, 0.717) is 13.1 Å². The predicted molar refractivity (Wildman–Crippen MR) is 74.1 cm³/mol. The second kappa shape index (κ2) is 7.06. The molecule has 0 aliphatic carbocycles. The molecule has 0 radical (unpaired) electrons. The minimum Gasteiger partial charge on any atom is -0.354 e. The van der Waals surface area contributed by atoms with Gasteiger partial charge in [-0.1, -0.05) is 23.1 Å². The van der Waals surface area contributed by atoms with Crippen molar-refractivity contribution in [2.24, 2.45) is 0 Å². The van der Waals surface area contributed by atoms with Crippen molar-refractivity contribution in [2.45, 2.75) is 24.1 Å². The highest BCUT2D eigenvalue weighted by atomic mass is 32.2. The zero-order chi connectivity index (χ0) is 12.8. The van der Waals surface area contributed by atoms with Crippen molar-refractivity contribution in [2.75, 3.05) is 31.9 Å². The molecule has 1 fully saturated rings. The van der Waals surface area contributed by atoms with Gasteiger partial charge in [0.2, 0.25) is 5.91 Å². The Morgan fingerprint density at radius 2 is 2.22 bits per heavy atom. The molecule has 1 aromatic heterocycles. The third-order valence-corrected chi connectivity index (χ3v) is 4.70. The van der Waals surface area contributed by atoms with Crippen LogP contribution >= 0.6 is 23.1 Å². The van der Waals surface area contributed by atoms with Gasteiger partial charge >= 0.3 is 0 Å². The van der Waals surface area contributed by atoms with Gasteiger partial charge in [0.25, 0.3) is 0 Å². The number of aryl methyl sites for hydroxylation is 1. The molecule has 2 rings (SSSR count). The first-order valence-electron chi connectivity index (χ1n) is 6.16. The maximum absolute atomic E-state index is 11.6. The van der Waals surface area contributed by atoms with Gasteiger partial charge in [-0.15, -0.1) is 10.2 Å². The van der Waals surface area contributed by atoms with E-state index in [9.17, 15) is 4.79 Å². The third kappa shape index (κ3) is 4.55. The average molecular weight is 286 g/mol. The fourth-order valence-corrected chi connectivity index (χ4v) is 3.61. The molecule has 1 saturated heterocycles. The Bertz CT molecular complexity index is 390. The molecule has 1 amide bonds. The summed E-state index contributed by atoms with van der Waals surface area (Å²) in [6, 6.07) is 0. The van der Waals surface area contributed by atoms with Crippen molar-refractivity contribution in [3.05, 3.63) is 5.01 Å². The molecule has 18 heavy (non-hydrogen) atoms. The van der Waals surface area contributed by atoms with E-state index in [2.05, 4.69) is 20.4 Å². The van der Waals surface area contributed by atoms with Crippen molar-refractivity contribution < 1.29 is 4.79 Å². The van der Waals surface area contributed by atoms with Crippen LogP contribution in [0.5, 0.6) is 0 Å². The van der Waals surface area contributed by atoms with Crippen LogP contribution < -0.4 is 5.32 Å². The summed E-state index contributed by atoms with van der Waals surface area (Å²) in [6.45, 7) is 5.30. The second-order valence-electron chi connectivity index (χ2n) is 4.27. The van der Waals surface area contributed by atoms with Crippen molar-refractivity contribution in [3.8, 4) is 0 Å². The SMILES string of the molecule is Cc1nnc(SCCNC(=O)CN2CCCC2)s1. The number of rotatable bonds is 6. The molecule has 0 saturated carbocycles. The Morgan fingerprint density at radius 3 is 2.89 bits per heavy atom. The summed E-state index contributed by atoms with van der Waals surface area (Å²) in [5.41, 5.74) is 0. The van der Waals surface area contributed by atoms with Gasteiger partial charge in [-0.2, -0.15) is 0 Å². The van der Waals surface area contributed by atoms with Gasteiger partial charge in [0.1, 0.15) is 5.01 Å². The van der Waals surface area contributed by atoms with Crippen LogP contribution in [0, 0.1) is 6.92 Å². The van der Waals surface area contributed by atoms with E-state index < -0.39 is 0 Å². The Labute approximate surface area is 115 Å². The average Bonchev–Trinajstić information content (AvgIpc) is 2.96. The van der Waals surface area contributed by atoms with Gasteiger partial charge in [0, 0.05) is 12.3 Å². The molecule has 1 aliphatic heterocycles. The lowest BCUT2D eigenvalue weighted by molar-refractivity contribution is -0.121. The van der Waals surface area contributed by atoms with Gasteiger partial charge in [-0.05, 0) is 32.9 Å². The van der Waals surface area contributed by atoms with E-state index in [1.165, 1.54) is 12.8 Å². The quantitative estimate of drug-likeness (QED) is 0.628. The number of nitrogens with zero attached hydrogens (tertiary/aromatic N) is 3. The summed E-state index contributed by atoms with van der Waals surface area (Å²) in [7, 11) is 0. The van der Waals surface area contributed by atoms with Gasteiger partial charge in [-0.3, -0.25) is 9.69 Å². The monoisotopic (exact) mass is 286 g/mol. The van der Waals surface area contributed by atoms with Crippen LogP contribution in [-0.2, 0) is 4.79 Å². The van der Waals surface area contributed by atoms with E-state index in [1.54, 1.807) is 23.1 Å². The number of amides is 1. The summed E-state index contributed by atoms with van der Waals surface area (Å²) < 4.78 is 0.973. The maximum atomic E-state index is 11.6.